The number of ether oxygens (including phenoxy) is 1. The van der Waals surface area contributed by atoms with Crippen molar-refractivity contribution in [3.05, 3.63) is 109 Å². The van der Waals surface area contributed by atoms with Crippen molar-refractivity contribution in [1.82, 2.24) is 10.9 Å². The molecule has 0 bridgehead atoms. The Labute approximate surface area is 225 Å². The molecule has 4 aromatic rings. The molecule has 0 saturated heterocycles. The van der Waals surface area contributed by atoms with Gasteiger partial charge in [0.05, 0.1) is 34.8 Å². The van der Waals surface area contributed by atoms with Crippen molar-refractivity contribution in [2.24, 2.45) is 0 Å². The van der Waals surface area contributed by atoms with Crippen molar-refractivity contribution in [2.75, 3.05) is 17.1 Å². The van der Waals surface area contributed by atoms with E-state index < -0.39 is 15.9 Å². The van der Waals surface area contributed by atoms with Gasteiger partial charge in [-0.3, -0.25) is 20.4 Å². The zero-order valence-corrected chi connectivity index (χ0v) is 21.9. The van der Waals surface area contributed by atoms with Crippen LogP contribution in [-0.2, 0) is 10.0 Å². The largest absolute Gasteiger partial charge is 0.495 e. The maximum Gasteiger partial charge on any atom is 0.269 e. The minimum Gasteiger partial charge on any atom is -0.495 e. The molecule has 5 rings (SSSR count). The van der Waals surface area contributed by atoms with Crippen molar-refractivity contribution in [3.8, 4) is 5.75 Å². The van der Waals surface area contributed by atoms with E-state index in [9.17, 15) is 13.2 Å². The summed E-state index contributed by atoms with van der Waals surface area (Å²) in [5, 5.41) is 3.42. The lowest BCUT2D eigenvalue weighted by atomic mass is 10.1. The third-order valence-electron chi connectivity index (χ3n) is 5.79. The second kappa shape index (κ2) is 10.5. The molecule has 0 aliphatic carbocycles. The van der Waals surface area contributed by atoms with Gasteiger partial charge < -0.3 is 10.1 Å². The number of sulfonamides is 1. The summed E-state index contributed by atoms with van der Waals surface area (Å²) in [6.45, 7) is 4.03. The highest BCUT2D eigenvalue weighted by molar-refractivity contribution is 7.99. The van der Waals surface area contributed by atoms with Crippen molar-refractivity contribution in [2.45, 2.75) is 14.7 Å². The molecule has 38 heavy (non-hydrogen) atoms. The zero-order valence-electron chi connectivity index (χ0n) is 20.3. The van der Waals surface area contributed by atoms with Crippen molar-refractivity contribution >= 4 is 50.5 Å². The average Bonchev–Trinajstić information content (AvgIpc) is 2.94. The van der Waals surface area contributed by atoms with Crippen molar-refractivity contribution in [3.63, 3.8) is 0 Å². The summed E-state index contributed by atoms with van der Waals surface area (Å²) in [6, 6.07) is 26.4. The Kier molecular flexibility index (Phi) is 6.99. The topological polar surface area (TPSA) is 109 Å². The van der Waals surface area contributed by atoms with E-state index in [1.165, 1.54) is 31.4 Å². The molecule has 1 aliphatic rings. The number of anilines is 3. The Morgan fingerprint density at radius 2 is 1.61 bits per heavy atom. The highest BCUT2D eigenvalue weighted by Gasteiger charge is 2.19. The van der Waals surface area contributed by atoms with Crippen LogP contribution in [0.5, 0.6) is 5.75 Å². The summed E-state index contributed by atoms with van der Waals surface area (Å²) in [4.78, 5) is 15.0. The normalized spacial score (nSPS) is 11.8. The summed E-state index contributed by atoms with van der Waals surface area (Å²) in [5.41, 5.74) is 9.12. The molecule has 0 spiro atoms. The molecule has 1 heterocycles. The van der Waals surface area contributed by atoms with Crippen LogP contribution in [0.25, 0.3) is 5.70 Å². The molecule has 4 N–H and O–H groups in total. The number of fused-ring (bicyclic) bond motifs is 2. The van der Waals surface area contributed by atoms with Gasteiger partial charge in [0.25, 0.3) is 15.9 Å². The van der Waals surface area contributed by atoms with Gasteiger partial charge in [0.1, 0.15) is 5.75 Å². The van der Waals surface area contributed by atoms with Gasteiger partial charge in [-0.1, -0.05) is 54.7 Å². The van der Waals surface area contributed by atoms with Crippen LogP contribution in [0.4, 0.5) is 17.1 Å². The first kappa shape index (κ1) is 25.2. The number of hydrogen-bond donors (Lipinski definition) is 4. The number of nitrogens with one attached hydrogen (secondary N) is 4. The number of hydrazine groups is 1. The maximum atomic E-state index is 13.0. The first-order valence-corrected chi connectivity index (χ1v) is 13.8. The molecule has 1 aliphatic heterocycles. The Hall–Kier alpha value is -4.41. The van der Waals surface area contributed by atoms with Gasteiger partial charge in [0.2, 0.25) is 0 Å². The van der Waals surface area contributed by atoms with Gasteiger partial charge in [-0.05, 0) is 54.6 Å². The van der Waals surface area contributed by atoms with E-state index in [2.05, 4.69) is 33.5 Å². The predicted molar refractivity (Wildman–Crippen MR) is 150 cm³/mol. The van der Waals surface area contributed by atoms with E-state index in [0.29, 0.717) is 17.1 Å². The summed E-state index contributed by atoms with van der Waals surface area (Å²) >= 11 is 1.68. The summed E-state index contributed by atoms with van der Waals surface area (Å²) in [7, 11) is -2.51. The molecule has 0 atom stereocenters. The maximum absolute atomic E-state index is 13.0. The Morgan fingerprint density at radius 1 is 0.842 bits per heavy atom. The van der Waals surface area contributed by atoms with Crippen molar-refractivity contribution in [1.29, 1.82) is 0 Å². The summed E-state index contributed by atoms with van der Waals surface area (Å²) in [6.07, 6.45) is 0. The molecular weight excluding hydrogens is 520 g/mol. The monoisotopic (exact) mass is 544 g/mol. The SMILES string of the molecule is C=C(NNC(=O)c1cccc(S(=O)(=O)Nc2ccccc2OC)c1)c1ccc2c(c1)Nc1ccccc1S2. The third-order valence-corrected chi connectivity index (χ3v) is 8.30. The molecule has 8 nitrogen and oxygen atoms in total. The minimum atomic E-state index is -3.96. The molecule has 192 valence electrons. The third kappa shape index (κ3) is 5.31. The highest BCUT2D eigenvalue weighted by atomic mass is 32.2. The Morgan fingerprint density at radius 3 is 2.45 bits per heavy atom. The van der Waals surface area contributed by atoms with E-state index in [1.54, 1.807) is 36.0 Å². The highest BCUT2D eigenvalue weighted by Crippen LogP contribution is 2.44. The number of para-hydroxylation sites is 3. The molecule has 0 radical (unpaired) electrons. The Bertz CT molecular complexity index is 1650. The quantitative estimate of drug-likeness (QED) is 0.188. The molecule has 0 saturated carbocycles. The van der Waals surface area contributed by atoms with Crippen LogP contribution in [0.1, 0.15) is 15.9 Å². The molecule has 4 aromatic carbocycles. The fourth-order valence-electron chi connectivity index (χ4n) is 3.84. The second-order valence-electron chi connectivity index (χ2n) is 8.33. The first-order chi connectivity index (χ1) is 18.3. The van der Waals surface area contributed by atoms with Crippen LogP contribution in [0.2, 0.25) is 0 Å². The van der Waals surface area contributed by atoms with E-state index in [4.69, 9.17) is 4.74 Å². The molecule has 1 amide bonds. The number of amides is 1. The number of carbonyl (C=O) groups is 1. The second-order valence-corrected chi connectivity index (χ2v) is 11.1. The molecule has 0 unspecified atom stereocenters. The number of benzene rings is 4. The molecule has 10 heteroatoms. The number of hydrogen-bond acceptors (Lipinski definition) is 7. The number of rotatable bonds is 8. The van der Waals surface area contributed by atoms with Crippen LogP contribution in [-0.4, -0.2) is 21.4 Å². The van der Waals surface area contributed by atoms with E-state index in [1.807, 2.05) is 36.4 Å². The van der Waals surface area contributed by atoms with Gasteiger partial charge >= 0.3 is 0 Å². The summed E-state index contributed by atoms with van der Waals surface area (Å²) in [5.74, 6) is -0.131. The lowest BCUT2D eigenvalue weighted by molar-refractivity contribution is 0.0942. The molecular formula is C28H24N4O4S2. The minimum absolute atomic E-state index is 0.0616. The number of methoxy groups -OCH3 is 1. The zero-order chi connectivity index (χ0) is 26.7. The lowest BCUT2D eigenvalue weighted by Crippen LogP contribution is -2.36. The smallest absolute Gasteiger partial charge is 0.269 e. The van der Waals surface area contributed by atoms with Gasteiger partial charge in [-0.2, -0.15) is 0 Å². The lowest BCUT2D eigenvalue weighted by Gasteiger charge is -2.22. The van der Waals surface area contributed by atoms with E-state index in [0.717, 1.165) is 26.7 Å². The van der Waals surface area contributed by atoms with E-state index >= 15 is 0 Å². The standard InChI is InChI=1S/C28H24N4O4S2/c1-18(19-14-15-27-24(17-19)29-23-11-4-6-13-26(23)37-27)30-31-28(33)20-8-7-9-21(16-20)38(34,35)32-22-10-3-5-12-25(22)36-2/h3-17,29-30,32H,1H2,2H3,(H,31,33). The fourth-order valence-corrected chi connectivity index (χ4v) is 5.92. The van der Waals surface area contributed by atoms with Gasteiger partial charge in [-0.15, -0.1) is 0 Å². The van der Waals surface area contributed by atoms with Crippen LogP contribution in [0, 0.1) is 0 Å². The molecule has 0 fully saturated rings. The summed E-state index contributed by atoms with van der Waals surface area (Å²) < 4.78 is 33.6. The van der Waals surface area contributed by atoms with Gasteiger partial charge in [-0.25, -0.2) is 8.42 Å². The van der Waals surface area contributed by atoms with Gasteiger partial charge in [0, 0.05) is 20.9 Å². The first-order valence-electron chi connectivity index (χ1n) is 11.5. The molecule has 0 aromatic heterocycles. The van der Waals surface area contributed by atoms with Gasteiger partial charge in [0.15, 0.2) is 0 Å². The van der Waals surface area contributed by atoms with Crippen LogP contribution in [0.15, 0.2) is 112 Å². The van der Waals surface area contributed by atoms with Crippen LogP contribution >= 0.6 is 11.8 Å². The number of carbonyl (C=O) groups excluding carboxylic acids is 1. The van der Waals surface area contributed by atoms with Crippen LogP contribution in [0.3, 0.4) is 0 Å². The van der Waals surface area contributed by atoms with Crippen molar-refractivity contribution < 1.29 is 17.9 Å². The predicted octanol–water partition coefficient (Wildman–Crippen LogP) is 5.61. The van der Waals surface area contributed by atoms with Crippen LogP contribution < -0.4 is 25.6 Å². The Balaban J connectivity index is 1.25. The fraction of sp³-hybridized carbons (Fsp3) is 0.0357. The van der Waals surface area contributed by atoms with E-state index in [-0.39, 0.29) is 10.5 Å². The average molecular weight is 545 g/mol.